The van der Waals surface area contributed by atoms with E-state index in [0.717, 1.165) is 4.90 Å². The van der Waals surface area contributed by atoms with E-state index < -0.39 is 41.0 Å². The third kappa shape index (κ3) is 2.10. The number of rotatable bonds is 3. The van der Waals surface area contributed by atoms with Crippen molar-refractivity contribution >= 4 is 28.4 Å². The molecule has 1 aromatic carbocycles. The summed E-state index contributed by atoms with van der Waals surface area (Å²) in [6.45, 7) is 1.45. The minimum Gasteiger partial charge on any atom is -0.396 e. The molecule has 0 unspecified atom stereocenters. The number of fused-ring (bicyclic) bond motifs is 6. The number of aromatic nitrogens is 1. The van der Waals surface area contributed by atoms with Gasteiger partial charge in [0.1, 0.15) is 11.7 Å². The zero-order chi connectivity index (χ0) is 20.6. The van der Waals surface area contributed by atoms with Crippen molar-refractivity contribution in [3.8, 4) is 6.07 Å². The minimum absolute atomic E-state index is 0.170. The lowest BCUT2D eigenvalue weighted by molar-refractivity contribution is -0.134. The van der Waals surface area contributed by atoms with Crippen LogP contribution in [0.1, 0.15) is 25.3 Å². The number of nitriles is 1. The van der Waals surface area contributed by atoms with Crippen molar-refractivity contribution in [3.05, 3.63) is 36.0 Å². The number of carbonyl (C=O) groups excluding carboxylic acids is 2. The molecule has 5 atom stereocenters. The summed E-state index contributed by atoms with van der Waals surface area (Å²) in [6, 6.07) is 8.61. The predicted octanol–water partition coefficient (Wildman–Crippen LogP) is 0.887. The number of imide groups is 1. The lowest BCUT2D eigenvalue weighted by Gasteiger charge is -2.33. The molecule has 0 radical (unpaired) electrons. The Morgan fingerprint density at radius 1 is 1.31 bits per heavy atom. The van der Waals surface area contributed by atoms with Gasteiger partial charge in [0.2, 0.25) is 11.8 Å². The third-order valence-corrected chi connectivity index (χ3v) is 6.76. The first-order chi connectivity index (χ1) is 13.9. The molecule has 3 aliphatic heterocycles. The number of hydrogen-bond donors (Lipinski definition) is 2. The van der Waals surface area contributed by atoms with Gasteiger partial charge in [0.05, 0.1) is 40.3 Å². The van der Waals surface area contributed by atoms with Crippen molar-refractivity contribution in [2.75, 3.05) is 11.5 Å². The number of pyridine rings is 1. The van der Waals surface area contributed by atoms with Crippen LogP contribution in [0, 0.1) is 23.2 Å². The molecule has 3 aliphatic rings. The van der Waals surface area contributed by atoms with Crippen LogP contribution in [-0.4, -0.2) is 50.9 Å². The van der Waals surface area contributed by atoms with Gasteiger partial charge in [-0.15, -0.1) is 0 Å². The Hall–Kier alpha value is -2.86. The average Bonchev–Trinajstić information content (AvgIpc) is 3.23. The van der Waals surface area contributed by atoms with Gasteiger partial charge in [-0.05, 0) is 31.2 Å². The van der Waals surface area contributed by atoms with Crippen LogP contribution in [0.4, 0.5) is 5.69 Å². The summed E-state index contributed by atoms with van der Waals surface area (Å²) in [7, 11) is 0. The van der Waals surface area contributed by atoms with Crippen molar-refractivity contribution in [1.29, 1.82) is 5.26 Å². The molecule has 8 nitrogen and oxygen atoms in total. The van der Waals surface area contributed by atoms with E-state index in [1.807, 2.05) is 0 Å². The molecule has 2 bridgehead atoms. The van der Waals surface area contributed by atoms with Crippen LogP contribution in [0.15, 0.2) is 30.5 Å². The van der Waals surface area contributed by atoms with E-state index >= 15 is 0 Å². The van der Waals surface area contributed by atoms with Crippen LogP contribution >= 0.6 is 0 Å². The topological polar surface area (TPSA) is 124 Å². The lowest BCUT2D eigenvalue weighted by atomic mass is 9.66. The van der Waals surface area contributed by atoms with Gasteiger partial charge in [-0.1, -0.05) is 0 Å². The number of aliphatic hydroxyl groups excluding tert-OH is 2. The Labute approximate surface area is 166 Å². The van der Waals surface area contributed by atoms with Crippen LogP contribution in [0.2, 0.25) is 0 Å². The number of nitrogens with zero attached hydrogens (tertiary/aromatic N) is 3. The van der Waals surface area contributed by atoms with E-state index in [2.05, 4.69) is 11.1 Å². The number of aliphatic hydroxyl groups is 2. The molecule has 5 rings (SSSR count). The fourth-order valence-corrected chi connectivity index (χ4v) is 5.49. The molecular weight excluding hydrogens is 374 g/mol. The first-order valence-corrected chi connectivity index (χ1v) is 9.53. The maximum Gasteiger partial charge on any atom is 0.240 e. The van der Waals surface area contributed by atoms with Gasteiger partial charge in [-0.25, -0.2) is 4.90 Å². The molecule has 2 N–H and O–H groups in total. The minimum atomic E-state index is -1.18. The highest BCUT2D eigenvalue weighted by Crippen LogP contribution is 2.62. The van der Waals surface area contributed by atoms with Crippen molar-refractivity contribution in [1.82, 2.24) is 4.98 Å². The highest BCUT2D eigenvalue weighted by molar-refractivity contribution is 6.26. The van der Waals surface area contributed by atoms with E-state index in [9.17, 15) is 25.1 Å². The van der Waals surface area contributed by atoms with Gasteiger partial charge in [-0.3, -0.25) is 14.6 Å². The highest BCUT2D eigenvalue weighted by Gasteiger charge is 2.76. The Kier molecular flexibility index (Phi) is 3.65. The SMILES string of the molecule is C[C@@]12O[C@@](CCO)(C[C@H]1O)[C@@H]1C(=O)N(c3ccc(C#N)c4ncccc34)C(=O)[C@@H]12. The number of anilines is 1. The second kappa shape index (κ2) is 5.83. The van der Waals surface area contributed by atoms with Crippen molar-refractivity contribution in [3.63, 3.8) is 0 Å². The zero-order valence-corrected chi connectivity index (χ0v) is 15.7. The number of ether oxygens (including phenoxy) is 1. The zero-order valence-electron chi connectivity index (χ0n) is 15.7. The maximum absolute atomic E-state index is 13.5. The summed E-state index contributed by atoms with van der Waals surface area (Å²) in [4.78, 5) is 32.3. The van der Waals surface area contributed by atoms with E-state index in [1.54, 1.807) is 37.4 Å². The maximum atomic E-state index is 13.5. The van der Waals surface area contributed by atoms with Crippen molar-refractivity contribution in [2.24, 2.45) is 11.8 Å². The van der Waals surface area contributed by atoms with E-state index in [1.165, 1.54) is 0 Å². The van der Waals surface area contributed by atoms with Crippen LogP contribution < -0.4 is 4.90 Å². The second-order valence-corrected chi connectivity index (χ2v) is 8.16. The van der Waals surface area contributed by atoms with Crippen LogP contribution in [0.5, 0.6) is 0 Å². The molecule has 0 aliphatic carbocycles. The summed E-state index contributed by atoms with van der Waals surface area (Å²) in [5, 5.41) is 30.0. The normalized spacial score (nSPS) is 35.4. The monoisotopic (exact) mass is 393 g/mol. The number of amides is 2. The fraction of sp³-hybridized carbons (Fsp3) is 0.429. The summed E-state index contributed by atoms with van der Waals surface area (Å²) >= 11 is 0. The molecular formula is C21H19N3O5. The molecule has 0 saturated carbocycles. The summed E-state index contributed by atoms with van der Waals surface area (Å²) in [6.07, 6.45) is 1.03. The summed E-state index contributed by atoms with van der Waals surface area (Å²) in [5.41, 5.74) is -1.10. The highest BCUT2D eigenvalue weighted by atomic mass is 16.6. The van der Waals surface area contributed by atoms with Crippen LogP contribution in [-0.2, 0) is 14.3 Å². The first kappa shape index (κ1) is 18.2. The quantitative estimate of drug-likeness (QED) is 0.742. The Morgan fingerprint density at radius 2 is 2.07 bits per heavy atom. The van der Waals surface area contributed by atoms with E-state index in [0.29, 0.717) is 22.2 Å². The number of hydrogen-bond acceptors (Lipinski definition) is 7. The Morgan fingerprint density at radius 3 is 2.79 bits per heavy atom. The number of benzene rings is 1. The summed E-state index contributed by atoms with van der Waals surface area (Å²) < 4.78 is 6.08. The number of carbonyl (C=O) groups is 2. The van der Waals surface area contributed by atoms with Gasteiger partial charge in [-0.2, -0.15) is 5.26 Å². The van der Waals surface area contributed by atoms with E-state index in [-0.39, 0.29) is 19.4 Å². The van der Waals surface area contributed by atoms with Gasteiger partial charge in [0.25, 0.3) is 0 Å². The standard InChI is InChI=1S/C21H19N3O5/c1-20-14(26)9-21(29-20,6-8-25)16-15(20)18(27)24(19(16)28)13-5-4-11(10-22)17-12(13)3-2-7-23-17/h2-5,7,14-16,25-26H,6,8-9H2,1H3/t14-,15-,16+,20-,21+/m1/s1. The predicted molar refractivity (Wildman–Crippen MR) is 100 cm³/mol. The molecule has 8 heteroatoms. The molecule has 1 aromatic heterocycles. The molecule has 148 valence electrons. The molecule has 3 fully saturated rings. The second-order valence-electron chi connectivity index (χ2n) is 8.16. The van der Waals surface area contributed by atoms with Crippen LogP contribution in [0.3, 0.4) is 0 Å². The van der Waals surface area contributed by atoms with Gasteiger partial charge in [0, 0.05) is 31.0 Å². The van der Waals surface area contributed by atoms with Crippen molar-refractivity contribution in [2.45, 2.75) is 37.1 Å². The Bertz CT molecular complexity index is 1110. The molecule has 29 heavy (non-hydrogen) atoms. The van der Waals surface area contributed by atoms with Crippen molar-refractivity contribution < 1.29 is 24.5 Å². The molecule has 2 amide bonds. The largest absolute Gasteiger partial charge is 0.396 e. The Balaban J connectivity index is 1.68. The molecule has 3 saturated heterocycles. The average molecular weight is 393 g/mol. The first-order valence-electron chi connectivity index (χ1n) is 9.53. The van der Waals surface area contributed by atoms with Crippen LogP contribution in [0.25, 0.3) is 10.9 Å². The lowest BCUT2D eigenvalue weighted by Crippen LogP contribution is -2.49. The smallest absolute Gasteiger partial charge is 0.240 e. The fourth-order valence-electron chi connectivity index (χ4n) is 5.49. The van der Waals surface area contributed by atoms with Gasteiger partial charge >= 0.3 is 0 Å². The third-order valence-electron chi connectivity index (χ3n) is 6.76. The van der Waals surface area contributed by atoms with E-state index in [4.69, 9.17) is 4.74 Å². The summed E-state index contributed by atoms with van der Waals surface area (Å²) in [5.74, 6) is -2.43. The molecule has 0 spiro atoms. The van der Waals surface area contributed by atoms with Gasteiger partial charge in [0.15, 0.2) is 0 Å². The van der Waals surface area contributed by atoms with Gasteiger partial charge < -0.3 is 14.9 Å². The molecule has 4 heterocycles. The molecule has 2 aromatic rings.